The van der Waals surface area contributed by atoms with E-state index in [1.165, 1.54) is 31.4 Å². The monoisotopic (exact) mass is 391 g/mol. The fourth-order valence-electron chi connectivity index (χ4n) is 4.93. The molecule has 150 valence electrons. The van der Waals surface area contributed by atoms with Gasteiger partial charge in [-0.2, -0.15) is 0 Å². The second kappa shape index (κ2) is 8.57. The predicted molar refractivity (Wildman–Crippen MR) is 110 cm³/mol. The molecule has 3 aliphatic carbocycles. The van der Waals surface area contributed by atoms with Crippen molar-refractivity contribution in [2.45, 2.75) is 57.9 Å². The molecule has 1 N–H and O–H groups in total. The van der Waals surface area contributed by atoms with Crippen molar-refractivity contribution >= 4 is 17.5 Å². The minimum absolute atomic E-state index is 0.271. The van der Waals surface area contributed by atoms with Gasteiger partial charge in [-0.1, -0.05) is 24.6 Å². The van der Waals surface area contributed by atoms with Gasteiger partial charge in [0, 0.05) is 55.4 Å². The number of rotatable bonds is 5. The van der Waals surface area contributed by atoms with E-state index in [1.54, 1.807) is 0 Å². The predicted octanol–water partition coefficient (Wildman–Crippen LogP) is 3.74. The molecule has 4 aliphatic rings. The van der Waals surface area contributed by atoms with Gasteiger partial charge in [-0.05, 0) is 62.9 Å². The number of amides is 1. The van der Waals surface area contributed by atoms with Crippen molar-refractivity contribution in [2.24, 2.45) is 17.8 Å². The number of piperazine rings is 1. The third-order valence-corrected chi connectivity index (χ3v) is 7.20. The smallest absolute Gasteiger partial charge is 0.223 e. The molecular weight excluding hydrogens is 358 g/mol. The fraction of sp³-hybridized carbons (Fsp3) is 0.773. The molecule has 1 aliphatic heterocycles. The Morgan fingerprint density at radius 3 is 2.63 bits per heavy atom. The van der Waals surface area contributed by atoms with Crippen LogP contribution in [0.2, 0.25) is 0 Å². The van der Waals surface area contributed by atoms with E-state index in [1.807, 2.05) is 0 Å². The second-order valence-electron chi connectivity index (χ2n) is 9.12. The van der Waals surface area contributed by atoms with Crippen molar-refractivity contribution in [2.75, 3.05) is 32.7 Å². The van der Waals surface area contributed by atoms with Crippen LogP contribution in [0, 0.1) is 17.8 Å². The number of hydrogen-bond donors (Lipinski definition) is 1. The summed E-state index contributed by atoms with van der Waals surface area (Å²) < 4.78 is 0. The van der Waals surface area contributed by atoms with E-state index in [9.17, 15) is 4.79 Å². The SMILES string of the molecule is CC1CCC(NC(=O)[C@H]2CC2CN2CCN(C3=CC(Cl)=CCC3)CC2)CC1. The summed E-state index contributed by atoms with van der Waals surface area (Å²) in [5.41, 5.74) is 1.40. The lowest BCUT2D eigenvalue weighted by atomic mass is 9.87. The van der Waals surface area contributed by atoms with Crippen LogP contribution in [0.1, 0.15) is 51.9 Å². The van der Waals surface area contributed by atoms with Crippen molar-refractivity contribution in [3.63, 3.8) is 0 Å². The van der Waals surface area contributed by atoms with Gasteiger partial charge < -0.3 is 10.2 Å². The number of allylic oxidation sites excluding steroid dienone is 4. The quantitative estimate of drug-likeness (QED) is 0.775. The van der Waals surface area contributed by atoms with Crippen LogP contribution in [-0.4, -0.2) is 54.5 Å². The van der Waals surface area contributed by atoms with Gasteiger partial charge in [0.15, 0.2) is 0 Å². The number of halogens is 1. The molecule has 2 saturated carbocycles. The van der Waals surface area contributed by atoms with E-state index >= 15 is 0 Å². The minimum atomic E-state index is 0.271. The summed E-state index contributed by atoms with van der Waals surface area (Å²) in [6.07, 6.45) is 12.4. The molecule has 1 saturated heterocycles. The molecule has 4 rings (SSSR count). The summed E-state index contributed by atoms with van der Waals surface area (Å²) in [4.78, 5) is 17.6. The fourth-order valence-corrected chi connectivity index (χ4v) is 5.17. The Kier molecular flexibility index (Phi) is 6.13. The maximum absolute atomic E-state index is 12.5. The summed E-state index contributed by atoms with van der Waals surface area (Å²) in [5.74, 6) is 2.01. The zero-order valence-electron chi connectivity index (χ0n) is 16.6. The van der Waals surface area contributed by atoms with Crippen molar-refractivity contribution < 1.29 is 4.79 Å². The van der Waals surface area contributed by atoms with Crippen molar-refractivity contribution in [1.82, 2.24) is 15.1 Å². The average molecular weight is 392 g/mol. The van der Waals surface area contributed by atoms with Crippen LogP contribution in [0.3, 0.4) is 0 Å². The normalized spacial score (nSPS) is 34.7. The van der Waals surface area contributed by atoms with Crippen molar-refractivity contribution in [1.29, 1.82) is 0 Å². The average Bonchev–Trinajstić information content (AvgIpc) is 3.43. The molecular formula is C22H34ClN3O. The Balaban J connectivity index is 1.16. The Morgan fingerprint density at radius 1 is 1.19 bits per heavy atom. The zero-order chi connectivity index (χ0) is 18.8. The highest BCUT2D eigenvalue weighted by atomic mass is 35.5. The maximum atomic E-state index is 12.5. The molecule has 1 amide bonds. The Labute approximate surface area is 169 Å². The molecule has 1 unspecified atom stereocenters. The van der Waals surface area contributed by atoms with Crippen LogP contribution in [-0.2, 0) is 4.79 Å². The third-order valence-electron chi connectivity index (χ3n) is 6.94. The summed E-state index contributed by atoms with van der Waals surface area (Å²) >= 11 is 6.17. The van der Waals surface area contributed by atoms with E-state index < -0.39 is 0 Å². The van der Waals surface area contributed by atoms with Crippen LogP contribution < -0.4 is 5.32 Å². The number of nitrogens with zero attached hydrogens (tertiary/aromatic N) is 2. The highest BCUT2D eigenvalue weighted by molar-refractivity contribution is 6.31. The molecule has 3 fully saturated rings. The minimum Gasteiger partial charge on any atom is -0.372 e. The lowest BCUT2D eigenvalue weighted by Gasteiger charge is -2.38. The van der Waals surface area contributed by atoms with Gasteiger partial charge in [0.1, 0.15) is 0 Å². The summed E-state index contributed by atoms with van der Waals surface area (Å²) in [6, 6.07) is 0.433. The van der Waals surface area contributed by atoms with Gasteiger partial charge in [0.05, 0.1) is 0 Å². The van der Waals surface area contributed by atoms with E-state index in [-0.39, 0.29) is 5.92 Å². The number of hydrogen-bond acceptors (Lipinski definition) is 3. The highest BCUT2D eigenvalue weighted by Gasteiger charge is 2.44. The summed E-state index contributed by atoms with van der Waals surface area (Å²) in [7, 11) is 0. The molecule has 0 aromatic rings. The van der Waals surface area contributed by atoms with Crippen LogP contribution in [0.5, 0.6) is 0 Å². The maximum Gasteiger partial charge on any atom is 0.223 e. The molecule has 5 heteroatoms. The molecule has 0 spiro atoms. The van der Waals surface area contributed by atoms with Gasteiger partial charge in [0.25, 0.3) is 0 Å². The standard InChI is InChI=1S/C22H34ClN3O/c1-16-5-7-19(8-6-16)24-22(27)21-13-17(21)15-25-9-11-26(12-10-25)20-4-2-3-18(23)14-20/h3,14,16-17,19,21H,2,4-13,15H2,1H3,(H,24,27)/t16?,17?,19?,21-/m0/s1. The van der Waals surface area contributed by atoms with Crippen molar-refractivity contribution in [3.05, 3.63) is 22.9 Å². The number of nitrogens with one attached hydrogen (secondary N) is 1. The largest absolute Gasteiger partial charge is 0.372 e. The number of carbonyl (C=O) groups is 1. The van der Waals surface area contributed by atoms with E-state index in [4.69, 9.17) is 11.6 Å². The van der Waals surface area contributed by atoms with E-state index in [0.29, 0.717) is 17.9 Å². The Hall–Kier alpha value is -1.00. The summed E-state index contributed by atoms with van der Waals surface area (Å²) in [5, 5.41) is 4.22. The second-order valence-corrected chi connectivity index (χ2v) is 9.56. The first-order chi connectivity index (χ1) is 13.1. The van der Waals surface area contributed by atoms with E-state index in [0.717, 1.165) is 62.9 Å². The first-order valence-electron chi connectivity index (χ1n) is 10.9. The molecule has 0 aromatic heterocycles. The molecule has 4 nitrogen and oxygen atoms in total. The summed E-state index contributed by atoms with van der Waals surface area (Å²) in [6.45, 7) is 7.78. The highest BCUT2D eigenvalue weighted by Crippen LogP contribution is 2.40. The molecule has 0 bridgehead atoms. The molecule has 1 heterocycles. The zero-order valence-corrected chi connectivity index (χ0v) is 17.4. The van der Waals surface area contributed by atoms with Gasteiger partial charge >= 0.3 is 0 Å². The van der Waals surface area contributed by atoms with Crippen LogP contribution >= 0.6 is 11.6 Å². The van der Waals surface area contributed by atoms with Gasteiger partial charge in [-0.25, -0.2) is 0 Å². The van der Waals surface area contributed by atoms with Crippen LogP contribution in [0.15, 0.2) is 22.9 Å². The lowest BCUT2D eigenvalue weighted by molar-refractivity contribution is -0.123. The first-order valence-corrected chi connectivity index (χ1v) is 11.3. The van der Waals surface area contributed by atoms with Crippen LogP contribution in [0.25, 0.3) is 0 Å². The van der Waals surface area contributed by atoms with Crippen LogP contribution in [0.4, 0.5) is 0 Å². The van der Waals surface area contributed by atoms with Crippen molar-refractivity contribution in [3.8, 4) is 0 Å². The lowest BCUT2D eigenvalue weighted by Crippen LogP contribution is -2.46. The van der Waals surface area contributed by atoms with Gasteiger partial charge in [-0.3, -0.25) is 9.69 Å². The van der Waals surface area contributed by atoms with Gasteiger partial charge in [0.2, 0.25) is 5.91 Å². The topological polar surface area (TPSA) is 35.6 Å². The molecule has 0 aromatic carbocycles. The third kappa shape index (κ3) is 5.08. The first kappa shape index (κ1) is 19.3. The molecule has 2 atom stereocenters. The van der Waals surface area contributed by atoms with Gasteiger partial charge in [-0.15, -0.1) is 0 Å². The Bertz CT molecular complexity index is 601. The molecule has 27 heavy (non-hydrogen) atoms. The Morgan fingerprint density at radius 2 is 1.93 bits per heavy atom. The van der Waals surface area contributed by atoms with E-state index in [2.05, 4.69) is 34.2 Å². The number of carbonyl (C=O) groups excluding carboxylic acids is 1. The molecule has 0 radical (unpaired) electrons.